The van der Waals surface area contributed by atoms with Crippen LogP contribution in [0.15, 0.2) is 16.7 Å². The van der Waals surface area contributed by atoms with Crippen molar-refractivity contribution in [2.24, 2.45) is 0 Å². The number of nitrogens with zero attached hydrogens (tertiary/aromatic N) is 1. The number of anilines is 1. The van der Waals surface area contributed by atoms with Crippen LogP contribution in [0.2, 0.25) is 0 Å². The highest BCUT2D eigenvalue weighted by Gasteiger charge is 2.27. The van der Waals surface area contributed by atoms with Crippen molar-refractivity contribution in [3.8, 4) is 0 Å². The van der Waals surface area contributed by atoms with E-state index < -0.39 is 5.51 Å². The van der Waals surface area contributed by atoms with Gasteiger partial charge in [0.15, 0.2) is 0 Å². The number of hydrogen-bond donors (Lipinski definition) is 1. The number of halogens is 4. The lowest BCUT2D eigenvalue weighted by atomic mass is 10.3. The molecule has 1 aromatic heterocycles. The quantitative estimate of drug-likeness (QED) is 0.855. The van der Waals surface area contributed by atoms with Crippen LogP contribution in [0.3, 0.4) is 0 Å². The molecular formula is C9H10BrF3N2S. The molecule has 0 bridgehead atoms. The Hall–Kier alpha value is -0.430. The average Bonchev–Trinajstić information content (AvgIpc) is 2.17. The number of hydrogen-bond acceptors (Lipinski definition) is 3. The SMILES string of the molecule is Cc1cc(NCCSC(F)(F)F)ncc1Br. The lowest BCUT2D eigenvalue weighted by Crippen LogP contribution is -2.10. The van der Waals surface area contributed by atoms with Gasteiger partial charge in [-0.05, 0) is 46.2 Å². The van der Waals surface area contributed by atoms with Crippen LogP contribution in [0, 0.1) is 6.92 Å². The molecule has 0 unspecified atom stereocenters. The third kappa shape index (κ3) is 5.07. The van der Waals surface area contributed by atoms with Crippen molar-refractivity contribution in [3.63, 3.8) is 0 Å². The minimum Gasteiger partial charge on any atom is -0.369 e. The molecule has 1 N–H and O–H groups in total. The van der Waals surface area contributed by atoms with E-state index in [-0.39, 0.29) is 24.1 Å². The first kappa shape index (κ1) is 13.6. The summed E-state index contributed by atoms with van der Waals surface area (Å²) in [4.78, 5) is 4.02. The number of pyridine rings is 1. The van der Waals surface area contributed by atoms with E-state index in [4.69, 9.17) is 0 Å². The van der Waals surface area contributed by atoms with Gasteiger partial charge in [-0.2, -0.15) is 13.2 Å². The van der Waals surface area contributed by atoms with Crippen molar-refractivity contribution in [2.45, 2.75) is 12.4 Å². The molecular weight excluding hydrogens is 305 g/mol. The van der Waals surface area contributed by atoms with E-state index in [0.717, 1.165) is 10.0 Å². The summed E-state index contributed by atoms with van der Waals surface area (Å²) in [6.07, 6.45) is 1.62. The molecule has 0 saturated heterocycles. The van der Waals surface area contributed by atoms with Gasteiger partial charge in [-0.15, -0.1) is 0 Å². The van der Waals surface area contributed by atoms with Gasteiger partial charge in [0.2, 0.25) is 0 Å². The van der Waals surface area contributed by atoms with Crippen molar-refractivity contribution >= 4 is 33.5 Å². The highest BCUT2D eigenvalue weighted by molar-refractivity contribution is 9.10. The summed E-state index contributed by atoms with van der Waals surface area (Å²) in [5, 5.41) is 2.83. The fourth-order valence-electron chi connectivity index (χ4n) is 0.982. The van der Waals surface area contributed by atoms with Crippen molar-refractivity contribution in [1.82, 2.24) is 4.98 Å². The summed E-state index contributed by atoms with van der Waals surface area (Å²) in [5.74, 6) is 0.559. The van der Waals surface area contributed by atoms with Crippen molar-refractivity contribution in [2.75, 3.05) is 17.6 Å². The second-order valence-electron chi connectivity index (χ2n) is 3.04. The number of alkyl halides is 3. The summed E-state index contributed by atoms with van der Waals surface area (Å²) < 4.78 is 36.3. The number of rotatable bonds is 4. The number of nitrogens with one attached hydrogen (secondary N) is 1. The Morgan fingerprint density at radius 1 is 1.50 bits per heavy atom. The van der Waals surface area contributed by atoms with E-state index >= 15 is 0 Å². The van der Waals surface area contributed by atoms with E-state index in [2.05, 4.69) is 26.2 Å². The highest BCUT2D eigenvalue weighted by Crippen LogP contribution is 2.29. The normalized spacial score (nSPS) is 11.6. The summed E-state index contributed by atoms with van der Waals surface area (Å²) in [5.41, 5.74) is -3.17. The third-order valence-electron chi connectivity index (χ3n) is 1.72. The average molecular weight is 315 g/mol. The van der Waals surface area contributed by atoms with Gasteiger partial charge in [-0.1, -0.05) is 0 Å². The van der Waals surface area contributed by atoms with Gasteiger partial charge in [0.25, 0.3) is 0 Å². The number of thioether (sulfide) groups is 1. The van der Waals surface area contributed by atoms with E-state index in [0.29, 0.717) is 5.82 Å². The first-order chi connectivity index (χ1) is 7.38. The highest BCUT2D eigenvalue weighted by atomic mass is 79.9. The second kappa shape index (κ2) is 5.77. The predicted octanol–water partition coefficient (Wildman–Crippen LogP) is 3.82. The Bertz CT molecular complexity index is 357. The van der Waals surface area contributed by atoms with Crippen LogP contribution in [-0.2, 0) is 0 Å². The smallest absolute Gasteiger partial charge is 0.369 e. The lowest BCUT2D eigenvalue weighted by Gasteiger charge is -2.08. The molecule has 1 rings (SSSR count). The molecule has 0 atom stereocenters. The fourth-order valence-corrected chi connectivity index (χ4v) is 1.63. The minimum atomic E-state index is -4.16. The molecule has 2 nitrogen and oxygen atoms in total. The molecule has 0 aliphatic carbocycles. The molecule has 0 amide bonds. The molecule has 0 spiro atoms. The van der Waals surface area contributed by atoms with Gasteiger partial charge in [0.1, 0.15) is 5.82 Å². The van der Waals surface area contributed by atoms with Crippen LogP contribution in [0.5, 0.6) is 0 Å². The maximum atomic E-state index is 11.8. The zero-order valence-corrected chi connectivity index (χ0v) is 10.8. The molecule has 1 heterocycles. The van der Waals surface area contributed by atoms with Crippen LogP contribution in [-0.4, -0.2) is 22.8 Å². The van der Waals surface area contributed by atoms with Crippen LogP contribution in [0.1, 0.15) is 5.56 Å². The largest absolute Gasteiger partial charge is 0.441 e. The number of aryl methyl sites for hydroxylation is 1. The fraction of sp³-hybridized carbons (Fsp3) is 0.444. The molecule has 0 saturated carbocycles. The molecule has 0 aliphatic heterocycles. The van der Waals surface area contributed by atoms with Crippen LogP contribution >= 0.6 is 27.7 Å². The molecule has 0 aliphatic rings. The minimum absolute atomic E-state index is 0.0275. The lowest BCUT2D eigenvalue weighted by molar-refractivity contribution is -0.0327. The molecule has 90 valence electrons. The van der Waals surface area contributed by atoms with Gasteiger partial charge < -0.3 is 5.32 Å². The summed E-state index contributed by atoms with van der Waals surface area (Å²) in [7, 11) is 0. The van der Waals surface area contributed by atoms with Gasteiger partial charge in [-0.3, -0.25) is 0 Å². The Balaban J connectivity index is 2.35. The molecule has 0 radical (unpaired) electrons. The molecule has 16 heavy (non-hydrogen) atoms. The van der Waals surface area contributed by atoms with E-state index in [1.165, 1.54) is 0 Å². The molecule has 1 aromatic rings. The van der Waals surface area contributed by atoms with Gasteiger partial charge in [0, 0.05) is 23.0 Å². The Morgan fingerprint density at radius 2 is 2.19 bits per heavy atom. The van der Waals surface area contributed by atoms with Crippen molar-refractivity contribution < 1.29 is 13.2 Å². The van der Waals surface area contributed by atoms with Crippen molar-refractivity contribution in [3.05, 3.63) is 22.3 Å². The van der Waals surface area contributed by atoms with E-state index in [1.807, 2.05) is 6.92 Å². The van der Waals surface area contributed by atoms with Gasteiger partial charge in [0.05, 0.1) is 0 Å². The number of aromatic nitrogens is 1. The van der Waals surface area contributed by atoms with Crippen LogP contribution in [0.4, 0.5) is 19.0 Å². The van der Waals surface area contributed by atoms with Gasteiger partial charge >= 0.3 is 5.51 Å². The Labute approximate surface area is 104 Å². The molecule has 7 heteroatoms. The van der Waals surface area contributed by atoms with E-state index in [9.17, 15) is 13.2 Å². The Morgan fingerprint density at radius 3 is 2.75 bits per heavy atom. The van der Waals surface area contributed by atoms with Gasteiger partial charge in [-0.25, -0.2) is 4.98 Å². The first-order valence-corrected chi connectivity index (χ1v) is 6.23. The topological polar surface area (TPSA) is 24.9 Å². The zero-order valence-electron chi connectivity index (χ0n) is 8.44. The maximum Gasteiger partial charge on any atom is 0.441 e. The second-order valence-corrected chi connectivity index (χ2v) is 5.05. The predicted molar refractivity (Wildman–Crippen MR) is 63.7 cm³/mol. The van der Waals surface area contributed by atoms with Crippen LogP contribution in [0.25, 0.3) is 0 Å². The van der Waals surface area contributed by atoms with E-state index in [1.54, 1.807) is 12.3 Å². The molecule has 0 fully saturated rings. The monoisotopic (exact) mass is 314 g/mol. The maximum absolute atomic E-state index is 11.8. The standard InChI is InChI=1S/C9H10BrF3N2S/c1-6-4-8(15-5-7(6)10)14-2-3-16-9(11,12)13/h4-5H,2-3H2,1H3,(H,14,15). The summed E-state index contributed by atoms with van der Waals surface area (Å²) in [6.45, 7) is 2.12. The van der Waals surface area contributed by atoms with Crippen molar-refractivity contribution in [1.29, 1.82) is 0 Å². The summed E-state index contributed by atoms with van der Waals surface area (Å²) in [6, 6.07) is 1.78. The Kier molecular flexibility index (Phi) is 4.91. The third-order valence-corrected chi connectivity index (χ3v) is 3.29. The van der Waals surface area contributed by atoms with Crippen LogP contribution < -0.4 is 5.32 Å². The molecule has 0 aromatic carbocycles. The summed E-state index contributed by atoms with van der Waals surface area (Å²) >= 11 is 3.25. The zero-order chi connectivity index (χ0) is 12.2. The first-order valence-electron chi connectivity index (χ1n) is 4.45.